The van der Waals surface area contributed by atoms with Crippen LogP contribution < -0.4 is 4.74 Å². The van der Waals surface area contributed by atoms with E-state index in [9.17, 15) is 9.18 Å². The van der Waals surface area contributed by atoms with Gasteiger partial charge in [0.25, 0.3) is 0 Å². The van der Waals surface area contributed by atoms with Crippen LogP contribution in [-0.4, -0.2) is 24.0 Å². The van der Waals surface area contributed by atoms with Gasteiger partial charge in [-0.25, -0.2) is 4.39 Å². The third kappa shape index (κ3) is 5.31. The molecule has 1 saturated carbocycles. The van der Waals surface area contributed by atoms with Crippen molar-refractivity contribution in [2.75, 3.05) is 7.05 Å². The van der Waals surface area contributed by atoms with Crippen molar-refractivity contribution in [3.63, 3.8) is 0 Å². The molecule has 1 fully saturated rings. The Balaban J connectivity index is 1.54. The lowest BCUT2D eigenvalue weighted by Crippen LogP contribution is -2.29. The summed E-state index contributed by atoms with van der Waals surface area (Å²) in [5, 5.41) is 0. The first-order valence-electron chi connectivity index (χ1n) is 9.79. The van der Waals surface area contributed by atoms with Crippen molar-refractivity contribution in [1.29, 1.82) is 0 Å². The summed E-state index contributed by atoms with van der Waals surface area (Å²) in [6.45, 7) is 1.96. The van der Waals surface area contributed by atoms with Crippen molar-refractivity contribution >= 4 is 5.91 Å². The summed E-state index contributed by atoms with van der Waals surface area (Å²) < 4.78 is 19.1. The van der Waals surface area contributed by atoms with Gasteiger partial charge < -0.3 is 9.64 Å². The van der Waals surface area contributed by atoms with Crippen molar-refractivity contribution in [3.8, 4) is 5.75 Å². The van der Waals surface area contributed by atoms with Crippen LogP contribution in [0.5, 0.6) is 5.75 Å². The van der Waals surface area contributed by atoms with Gasteiger partial charge in [-0.2, -0.15) is 0 Å². The van der Waals surface area contributed by atoms with Crippen LogP contribution in [0.4, 0.5) is 4.39 Å². The maximum atomic E-state index is 13.1. The van der Waals surface area contributed by atoms with Crippen LogP contribution in [0.15, 0.2) is 48.5 Å². The Hall–Kier alpha value is -2.36. The van der Waals surface area contributed by atoms with Crippen LogP contribution in [0.1, 0.15) is 56.2 Å². The Labute approximate surface area is 161 Å². The van der Waals surface area contributed by atoms with E-state index >= 15 is 0 Å². The molecular weight excluding hydrogens is 341 g/mol. The van der Waals surface area contributed by atoms with Crippen molar-refractivity contribution in [2.24, 2.45) is 0 Å². The molecule has 0 N–H and O–H groups in total. The van der Waals surface area contributed by atoms with Gasteiger partial charge in [0.05, 0.1) is 12.1 Å². The van der Waals surface area contributed by atoms with E-state index in [2.05, 4.69) is 6.07 Å². The van der Waals surface area contributed by atoms with E-state index in [0.29, 0.717) is 18.9 Å². The van der Waals surface area contributed by atoms with Gasteiger partial charge in [-0.1, -0.05) is 24.3 Å². The number of rotatable bonds is 7. The lowest BCUT2D eigenvalue weighted by Gasteiger charge is -2.25. The van der Waals surface area contributed by atoms with Crippen LogP contribution in [0.3, 0.4) is 0 Å². The SMILES string of the molecule is CC(c1ccc(F)cc1)N(C)C(=O)CCc1cccc(OC2CCCC2)c1. The molecule has 1 unspecified atom stereocenters. The molecule has 0 bridgehead atoms. The molecule has 3 rings (SSSR count). The number of nitrogens with zero attached hydrogens (tertiary/aromatic N) is 1. The first-order valence-corrected chi connectivity index (χ1v) is 9.79. The summed E-state index contributed by atoms with van der Waals surface area (Å²) in [6, 6.07) is 14.3. The van der Waals surface area contributed by atoms with Gasteiger partial charge in [0.1, 0.15) is 11.6 Å². The molecule has 4 heteroatoms. The molecular formula is C23H28FNO2. The molecule has 1 aliphatic carbocycles. The molecule has 27 heavy (non-hydrogen) atoms. The predicted molar refractivity (Wildman–Crippen MR) is 105 cm³/mol. The minimum Gasteiger partial charge on any atom is -0.490 e. The summed E-state index contributed by atoms with van der Waals surface area (Å²) in [5.74, 6) is 0.716. The first kappa shape index (κ1) is 19.4. The number of benzene rings is 2. The van der Waals surface area contributed by atoms with E-state index < -0.39 is 0 Å². The lowest BCUT2D eigenvalue weighted by molar-refractivity contribution is -0.131. The maximum absolute atomic E-state index is 13.1. The molecule has 1 atom stereocenters. The topological polar surface area (TPSA) is 29.5 Å². The van der Waals surface area contributed by atoms with Gasteiger partial charge in [0.2, 0.25) is 5.91 Å². The summed E-state index contributed by atoms with van der Waals surface area (Å²) in [4.78, 5) is 14.3. The second kappa shape index (κ2) is 9.03. The van der Waals surface area contributed by atoms with E-state index in [1.165, 1.54) is 25.0 Å². The average Bonchev–Trinajstić information content (AvgIpc) is 3.19. The zero-order chi connectivity index (χ0) is 19.2. The third-order valence-corrected chi connectivity index (χ3v) is 5.46. The van der Waals surface area contributed by atoms with Crippen LogP contribution in [-0.2, 0) is 11.2 Å². The van der Waals surface area contributed by atoms with Crippen molar-refractivity contribution < 1.29 is 13.9 Å². The van der Waals surface area contributed by atoms with Crippen LogP contribution >= 0.6 is 0 Å². The van der Waals surface area contributed by atoms with Gasteiger partial charge in [-0.3, -0.25) is 4.79 Å². The highest BCUT2D eigenvalue weighted by atomic mass is 19.1. The van der Waals surface area contributed by atoms with E-state index in [1.54, 1.807) is 24.1 Å². The zero-order valence-corrected chi connectivity index (χ0v) is 16.2. The molecule has 0 saturated heterocycles. The number of carbonyl (C=O) groups is 1. The summed E-state index contributed by atoms with van der Waals surface area (Å²) >= 11 is 0. The molecule has 1 amide bonds. The van der Waals surface area contributed by atoms with Crippen molar-refractivity contribution in [1.82, 2.24) is 4.90 Å². The standard InChI is InChI=1S/C23H28FNO2/c1-17(19-11-13-20(24)14-12-19)25(2)23(26)15-10-18-6-5-9-22(16-18)27-21-7-3-4-8-21/h5-6,9,11-14,16-17,21H,3-4,7-8,10,15H2,1-2H3. The Kier molecular flexibility index (Phi) is 6.49. The summed E-state index contributed by atoms with van der Waals surface area (Å²) in [7, 11) is 1.80. The Morgan fingerprint density at radius 3 is 2.59 bits per heavy atom. The number of ether oxygens (including phenoxy) is 1. The third-order valence-electron chi connectivity index (χ3n) is 5.46. The molecule has 0 aromatic heterocycles. The van der Waals surface area contributed by atoms with Gasteiger partial charge in [-0.15, -0.1) is 0 Å². The van der Waals surface area contributed by atoms with Gasteiger partial charge >= 0.3 is 0 Å². The molecule has 0 aliphatic heterocycles. The minimum atomic E-state index is -0.264. The van der Waals surface area contributed by atoms with Gasteiger partial charge in [-0.05, 0) is 74.4 Å². The lowest BCUT2D eigenvalue weighted by atomic mass is 10.1. The quantitative estimate of drug-likeness (QED) is 0.663. The van der Waals surface area contributed by atoms with Crippen LogP contribution in [0, 0.1) is 5.82 Å². The highest BCUT2D eigenvalue weighted by molar-refractivity contribution is 5.76. The molecule has 2 aromatic carbocycles. The second-order valence-corrected chi connectivity index (χ2v) is 7.40. The maximum Gasteiger partial charge on any atom is 0.223 e. The highest BCUT2D eigenvalue weighted by Crippen LogP contribution is 2.25. The van der Waals surface area contributed by atoms with Gasteiger partial charge in [0.15, 0.2) is 0 Å². The number of hydrogen-bond donors (Lipinski definition) is 0. The Morgan fingerprint density at radius 2 is 1.89 bits per heavy atom. The number of amides is 1. The Morgan fingerprint density at radius 1 is 1.19 bits per heavy atom. The second-order valence-electron chi connectivity index (χ2n) is 7.40. The van der Waals surface area contributed by atoms with Crippen LogP contribution in [0.2, 0.25) is 0 Å². The summed E-state index contributed by atoms with van der Waals surface area (Å²) in [5.41, 5.74) is 2.04. The number of halogens is 1. The fraction of sp³-hybridized carbons (Fsp3) is 0.435. The first-order chi connectivity index (χ1) is 13.0. The monoisotopic (exact) mass is 369 g/mol. The average molecular weight is 369 g/mol. The van der Waals surface area contributed by atoms with E-state index in [-0.39, 0.29) is 17.8 Å². The molecule has 2 aromatic rings. The Bertz CT molecular complexity index is 753. The molecule has 0 heterocycles. The van der Waals surface area contributed by atoms with E-state index in [4.69, 9.17) is 4.74 Å². The van der Waals surface area contributed by atoms with E-state index in [1.807, 2.05) is 25.1 Å². The summed E-state index contributed by atoms with van der Waals surface area (Å²) in [6.07, 6.45) is 6.22. The molecule has 3 nitrogen and oxygen atoms in total. The fourth-order valence-electron chi connectivity index (χ4n) is 3.58. The normalized spacial score (nSPS) is 15.5. The largest absolute Gasteiger partial charge is 0.490 e. The number of hydrogen-bond acceptors (Lipinski definition) is 2. The number of aryl methyl sites for hydroxylation is 1. The van der Waals surface area contributed by atoms with E-state index in [0.717, 1.165) is 29.7 Å². The number of carbonyl (C=O) groups excluding carboxylic acids is 1. The minimum absolute atomic E-state index is 0.0777. The zero-order valence-electron chi connectivity index (χ0n) is 16.2. The molecule has 0 spiro atoms. The molecule has 144 valence electrons. The smallest absolute Gasteiger partial charge is 0.223 e. The van der Waals surface area contributed by atoms with Gasteiger partial charge in [0, 0.05) is 13.5 Å². The van der Waals surface area contributed by atoms with Crippen LogP contribution in [0.25, 0.3) is 0 Å². The fourth-order valence-corrected chi connectivity index (χ4v) is 3.58. The molecule has 1 aliphatic rings. The molecule has 0 radical (unpaired) electrons. The van der Waals surface area contributed by atoms with Crippen molar-refractivity contribution in [2.45, 2.75) is 57.6 Å². The highest BCUT2D eigenvalue weighted by Gasteiger charge is 2.18. The van der Waals surface area contributed by atoms with Crippen molar-refractivity contribution in [3.05, 3.63) is 65.5 Å². The predicted octanol–water partition coefficient (Wildman–Crippen LogP) is 5.30.